The van der Waals surface area contributed by atoms with Crippen LogP contribution in [0.15, 0.2) is 33.6 Å². The molecule has 1 heterocycles. The van der Waals surface area contributed by atoms with E-state index < -0.39 is 6.10 Å². The maximum Gasteiger partial charge on any atom is 0.123 e. The third-order valence-electron chi connectivity index (χ3n) is 3.14. The summed E-state index contributed by atoms with van der Waals surface area (Å²) in [4.78, 5) is 0.953. The van der Waals surface area contributed by atoms with Gasteiger partial charge in [-0.1, -0.05) is 0 Å². The van der Waals surface area contributed by atoms with Crippen LogP contribution in [0.1, 0.15) is 18.3 Å². The van der Waals surface area contributed by atoms with Crippen molar-refractivity contribution in [2.24, 2.45) is 0 Å². The molecule has 3 nitrogen and oxygen atoms in total. The van der Waals surface area contributed by atoms with Crippen LogP contribution >= 0.6 is 27.7 Å². The summed E-state index contributed by atoms with van der Waals surface area (Å²) < 4.78 is 15.7. The maximum absolute atomic E-state index is 12.8. The average Bonchev–Trinajstić information content (AvgIpc) is 2.74. The van der Waals surface area contributed by atoms with E-state index in [4.69, 9.17) is 0 Å². The quantitative estimate of drug-likeness (QED) is 0.783. The Morgan fingerprint density at radius 3 is 2.67 bits per heavy atom. The monoisotopic (exact) mass is 372 g/mol. The molecule has 114 valence electrons. The lowest BCUT2D eigenvalue weighted by molar-refractivity contribution is 0.196. The van der Waals surface area contributed by atoms with Crippen LogP contribution in [0.5, 0.6) is 0 Å². The van der Waals surface area contributed by atoms with Crippen molar-refractivity contribution in [2.45, 2.75) is 37.8 Å². The van der Waals surface area contributed by atoms with Crippen LogP contribution in [0, 0.1) is 12.7 Å². The predicted octanol–water partition coefficient (Wildman–Crippen LogP) is 3.81. The van der Waals surface area contributed by atoms with Crippen molar-refractivity contribution in [3.8, 4) is 0 Å². The van der Waals surface area contributed by atoms with E-state index in [1.54, 1.807) is 12.1 Å². The molecule has 6 heteroatoms. The number of aryl methyl sites for hydroxylation is 2. The Kier molecular flexibility index (Phi) is 5.84. The van der Waals surface area contributed by atoms with Gasteiger partial charge in [-0.15, -0.1) is 11.8 Å². The van der Waals surface area contributed by atoms with Gasteiger partial charge in [0.1, 0.15) is 5.82 Å². The van der Waals surface area contributed by atoms with Gasteiger partial charge in [0, 0.05) is 23.6 Å². The molecular weight excluding hydrogens is 355 g/mol. The first-order valence-corrected chi connectivity index (χ1v) is 8.57. The molecule has 0 aliphatic rings. The summed E-state index contributed by atoms with van der Waals surface area (Å²) in [7, 11) is 0. The first-order chi connectivity index (χ1) is 10.0. The summed E-state index contributed by atoms with van der Waals surface area (Å²) >= 11 is 5.05. The molecule has 1 aromatic heterocycles. The van der Waals surface area contributed by atoms with Crippen LogP contribution < -0.4 is 0 Å². The van der Waals surface area contributed by atoms with E-state index in [0.29, 0.717) is 12.2 Å². The third kappa shape index (κ3) is 4.31. The van der Waals surface area contributed by atoms with Gasteiger partial charge in [0.15, 0.2) is 0 Å². The molecule has 1 unspecified atom stereocenters. The van der Waals surface area contributed by atoms with E-state index in [-0.39, 0.29) is 5.82 Å². The van der Waals surface area contributed by atoms with Crippen LogP contribution in [0.2, 0.25) is 0 Å². The summed E-state index contributed by atoms with van der Waals surface area (Å²) in [5.41, 5.74) is 1.95. The Labute approximate surface area is 136 Å². The van der Waals surface area contributed by atoms with Gasteiger partial charge in [-0.05, 0) is 54.0 Å². The Morgan fingerprint density at radius 2 is 2.05 bits per heavy atom. The SMILES string of the molecule is CCn1nc(C)c(Br)c1CC(O)CSc1ccc(F)cc1. The van der Waals surface area contributed by atoms with Crippen LogP contribution in [-0.2, 0) is 13.0 Å². The fourth-order valence-electron chi connectivity index (χ4n) is 2.07. The zero-order chi connectivity index (χ0) is 15.4. The molecule has 0 aliphatic carbocycles. The van der Waals surface area contributed by atoms with Gasteiger partial charge < -0.3 is 5.11 Å². The number of aliphatic hydroxyl groups is 1. The number of aromatic nitrogens is 2. The highest BCUT2D eigenvalue weighted by Crippen LogP contribution is 2.24. The van der Waals surface area contributed by atoms with Gasteiger partial charge in [-0.2, -0.15) is 5.10 Å². The summed E-state index contributed by atoms with van der Waals surface area (Å²) in [6, 6.07) is 6.31. The Morgan fingerprint density at radius 1 is 1.38 bits per heavy atom. The smallest absolute Gasteiger partial charge is 0.123 e. The topological polar surface area (TPSA) is 38.0 Å². The molecular formula is C15H18BrFN2OS. The van der Waals surface area contributed by atoms with E-state index in [1.165, 1.54) is 23.9 Å². The van der Waals surface area contributed by atoms with Crippen molar-refractivity contribution in [2.75, 3.05) is 5.75 Å². The summed E-state index contributed by atoms with van der Waals surface area (Å²) in [6.45, 7) is 4.75. The minimum absolute atomic E-state index is 0.244. The molecule has 0 radical (unpaired) electrons. The van der Waals surface area contributed by atoms with Gasteiger partial charge in [-0.25, -0.2) is 4.39 Å². The second kappa shape index (κ2) is 7.42. The fourth-order valence-corrected chi connectivity index (χ4v) is 3.35. The molecule has 2 rings (SSSR count). The molecule has 1 aromatic carbocycles. The molecule has 0 spiro atoms. The molecule has 0 fully saturated rings. The van der Waals surface area contributed by atoms with Gasteiger partial charge in [0.2, 0.25) is 0 Å². The van der Waals surface area contributed by atoms with E-state index in [0.717, 1.165) is 27.3 Å². The van der Waals surface area contributed by atoms with Gasteiger partial charge in [-0.3, -0.25) is 4.68 Å². The molecule has 2 aromatic rings. The van der Waals surface area contributed by atoms with Crippen LogP contribution in [-0.4, -0.2) is 26.7 Å². The Hall–Kier alpha value is -0.850. The lowest BCUT2D eigenvalue weighted by Gasteiger charge is -2.12. The minimum atomic E-state index is -0.474. The molecule has 21 heavy (non-hydrogen) atoms. The second-order valence-electron chi connectivity index (χ2n) is 4.78. The number of halogens is 2. The molecule has 0 aliphatic heterocycles. The predicted molar refractivity (Wildman–Crippen MR) is 87.2 cm³/mol. The third-order valence-corrected chi connectivity index (χ3v) is 5.33. The first kappa shape index (κ1) is 16.5. The Bertz CT molecular complexity index is 600. The van der Waals surface area contributed by atoms with Crippen molar-refractivity contribution in [1.29, 1.82) is 0 Å². The van der Waals surface area contributed by atoms with E-state index in [1.807, 2.05) is 18.5 Å². The van der Waals surface area contributed by atoms with Gasteiger partial charge >= 0.3 is 0 Å². The van der Waals surface area contributed by atoms with Crippen molar-refractivity contribution < 1.29 is 9.50 Å². The standard InChI is InChI=1S/C15H18BrFN2OS/c1-3-19-14(15(16)10(2)18-19)8-12(20)9-21-13-6-4-11(17)5-7-13/h4-7,12,20H,3,8-9H2,1-2H3. The lowest BCUT2D eigenvalue weighted by Crippen LogP contribution is -2.17. The molecule has 1 N–H and O–H groups in total. The maximum atomic E-state index is 12.8. The number of hydrogen-bond donors (Lipinski definition) is 1. The van der Waals surface area contributed by atoms with Crippen LogP contribution in [0.4, 0.5) is 4.39 Å². The fraction of sp³-hybridized carbons (Fsp3) is 0.400. The summed E-state index contributed by atoms with van der Waals surface area (Å²) in [5.74, 6) is 0.317. The highest BCUT2D eigenvalue weighted by molar-refractivity contribution is 9.10. The number of rotatable bonds is 6. The van der Waals surface area contributed by atoms with E-state index >= 15 is 0 Å². The zero-order valence-electron chi connectivity index (χ0n) is 12.0. The molecule has 1 atom stereocenters. The van der Waals surface area contributed by atoms with E-state index in [2.05, 4.69) is 21.0 Å². The number of hydrogen-bond acceptors (Lipinski definition) is 3. The number of thioether (sulfide) groups is 1. The number of benzene rings is 1. The molecule has 0 saturated heterocycles. The van der Waals surface area contributed by atoms with Gasteiger partial charge in [0.25, 0.3) is 0 Å². The Balaban J connectivity index is 1.95. The normalized spacial score (nSPS) is 12.6. The van der Waals surface area contributed by atoms with Crippen molar-refractivity contribution in [3.05, 3.63) is 45.9 Å². The summed E-state index contributed by atoms with van der Waals surface area (Å²) in [6.07, 6.45) is 0.0708. The first-order valence-electron chi connectivity index (χ1n) is 6.79. The molecule has 0 amide bonds. The van der Waals surface area contributed by atoms with Crippen LogP contribution in [0.25, 0.3) is 0 Å². The highest BCUT2D eigenvalue weighted by atomic mass is 79.9. The zero-order valence-corrected chi connectivity index (χ0v) is 14.4. The molecule has 0 saturated carbocycles. The average molecular weight is 373 g/mol. The molecule has 0 bridgehead atoms. The summed E-state index contributed by atoms with van der Waals surface area (Å²) in [5, 5.41) is 14.6. The largest absolute Gasteiger partial charge is 0.392 e. The van der Waals surface area contributed by atoms with Crippen molar-refractivity contribution in [3.63, 3.8) is 0 Å². The van der Waals surface area contributed by atoms with Crippen molar-refractivity contribution in [1.82, 2.24) is 9.78 Å². The van der Waals surface area contributed by atoms with Gasteiger partial charge in [0.05, 0.1) is 22.0 Å². The van der Waals surface area contributed by atoms with Crippen LogP contribution in [0.3, 0.4) is 0 Å². The number of nitrogens with zero attached hydrogens (tertiary/aromatic N) is 2. The lowest BCUT2D eigenvalue weighted by atomic mass is 10.2. The number of aliphatic hydroxyl groups excluding tert-OH is 1. The second-order valence-corrected chi connectivity index (χ2v) is 6.67. The van der Waals surface area contributed by atoms with Crippen molar-refractivity contribution >= 4 is 27.7 Å². The van der Waals surface area contributed by atoms with E-state index in [9.17, 15) is 9.50 Å². The minimum Gasteiger partial charge on any atom is -0.392 e. The highest BCUT2D eigenvalue weighted by Gasteiger charge is 2.16.